The highest BCUT2D eigenvalue weighted by molar-refractivity contribution is 5.77. The van der Waals surface area contributed by atoms with E-state index in [9.17, 15) is 4.39 Å². The number of H-pyrrole nitrogens is 1. The Labute approximate surface area is 173 Å². The van der Waals surface area contributed by atoms with Gasteiger partial charge < -0.3 is 24.5 Å². The number of hydrogen-bond donors (Lipinski definition) is 2. The van der Waals surface area contributed by atoms with Crippen molar-refractivity contribution >= 4 is 5.95 Å². The van der Waals surface area contributed by atoms with Gasteiger partial charge in [-0.15, -0.1) is 0 Å². The van der Waals surface area contributed by atoms with Gasteiger partial charge in [-0.25, -0.2) is 19.3 Å². The SMILES string of the molecule is C=C1COC(c2nc(-c3ccc(F)cc3)c(-c3ccnc(NCCOC)n3)[nH]2)OC1. The highest BCUT2D eigenvalue weighted by Gasteiger charge is 2.25. The number of imidazole rings is 1. The first-order valence-corrected chi connectivity index (χ1v) is 9.46. The van der Waals surface area contributed by atoms with Gasteiger partial charge in [0, 0.05) is 25.4 Å². The van der Waals surface area contributed by atoms with E-state index in [4.69, 9.17) is 14.2 Å². The molecule has 8 nitrogen and oxygen atoms in total. The zero-order chi connectivity index (χ0) is 20.9. The van der Waals surface area contributed by atoms with Crippen LogP contribution in [0.25, 0.3) is 22.6 Å². The number of aromatic amines is 1. The van der Waals surface area contributed by atoms with E-state index in [-0.39, 0.29) is 5.82 Å². The first-order valence-electron chi connectivity index (χ1n) is 9.46. The standard InChI is InChI=1S/C21H22FN5O3/c1-13-11-29-20(30-12-13)19-26-17(14-3-5-15(22)6-4-14)18(27-19)16-7-8-23-21(25-16)24-9-10-28-2/h3-8,20H,1,9-12H2,2H3,(H,26,27)(H,23,24,25). The van der Waals surface area contributed by atoms with E-state index in [1.807, 2.05) is 0 Å². The average molecular weight is 411 g/mol. The van der Waals surface area contributed by atoms with E-state index in [1.165, 1.54) is 12.1 Å². The summed E-state index contributed by atoms with van der Waals surface area (Å²) in [5, 5.41) is 3.11. The van der Waals surface area contributed by atoms with Gasteiger partial charge in [0.1, 0.15) is 5.82 Å². The van der Waals surface area contributed by atoms with Gasteiger partial charge in [-0.1, -0.05) is 6.58 Å². The third-order valence-corrected chi connectivity index (χ3v) is 4.44. The molecule has 2 aromatic heterocycles. The monoisotopic (exact) mass is 411 g/mol. The maximum Gasteiger partial charge on any atom is 0.223 e. The molecule has 1 aliphatic heterocycles. The minimum atomic E-state index is -0.649. The molecule has 0 saturated carbocycles. The Morgan fingerprint density at radius 3 is 2.70 bits per heavy atom. The van der Waals surface area contributed by atoms with Crippen LogP contribution in [0.2, 0.25) is 0 Å². The summed E-state index contributed by atoms with van der Waals surface area (Å²) in [7, 11) is 1.63. The fraction of sp³-hybridized carbons (Fsp3) is 0.286. The Morgan fingerprint density at radius 1 is 1.20 bits per heavy atom. The van der Waals surface area contributed by atoms with Crippen molar-refractivity contribution in [3.63, 3.8) is 0 Å². The van der Waals surface area contributed by atoms with Crippen LogP contribution >= 0.6 is 0 Å². The number of nitrogens with one attached hydrogen (secondary N) is 2. The number of halogens is 1. The molecule has 1 aromatic carbocycles. The van der Waals surface area contributed by atoms with E-state index in [0.29, 0.717) is 55.2 Å². The van der Waals surface area contributed by atoms with Gasteiger partial charge >= 0.3 is 0 Å². The van der Waals surface area contributed by atoms with Crippen LogP contribution in [0.4, 0.5) is 10.3 Å². The summed E-state index contributed by atoms with van der Waals surface area (Å²) in [6.07, 6.45) is 1.01. The molecule has 0 radical (unpaired) electrons. The normalized spacial score (nSPS) is 14.8. The van der Waals surface area contributed by atoms with Crippen molar-refractivity contribution in [2.24, 2.45) is 0 Å². The lowest BCUT2D eigenvalue weighted by atomic mass is 10.1. The number of ether oxygens (including phenoxy) is 3. The molecule has 0 atom stereocenters. The maximum absolute atomic E-state index is 13.4. The van der Waals surface area contributed by atoms with Gasteiger partial charge in [0.2, 0.25) is 12.2 Å². The van der Waals surface area contributed by atoms with Crippen molar-refractivity contribution in [1.82, 2.24) is 19.9 Å². The molecule has 3 aromatic rings. The molecule has 0 unspecified atom stereocenters. The zero-order valence-corrected chi connectivity index (χ0v) is 16.5. The molecule has 3 heterocycles. The lowest BCUT2D eigenvalue weighted by molar-refractivity contribution is -0.165. The van der Waals surface area contributed by atoms with Crippen molar-refractivity contribution < 1.29 is 18.6 Å². The molecule has 0 amide bonds. The highest BCUT2D eigenvalue weighted by atomic mass is 19.1. The van der Waals surface area contributed by atoms with Gasteiger partial charge in [0.15, 0.2) is 5.82 Å². The summed E-state index contributed by atoms with van der Waals surface area (Å²) in [6, 6.07) is 7.89. The van der Waals surface area contributed by atoms with E-state index >= 15 is 0 Å². The third-order valence-electron chi connectivity index (χ3n) is 4.44. The zero-order valence-electron chi connectivity index (χ0n) is 16.5. The van der Waals surface area contributed by atoms with E-state index in [0.717, 1.165) is 11.1 Å². The van der Waals surface area contributed by atoms with Gasteiger partial charge in [0.25, 0.3) is 0 Å². The molecule has 1 fully saturated rings. The van der Waals surface area contributed by atoms with Gasteiger partial charge in [-0.3, -0.25) is 0 Å². The van der Waals surface area contributed by atoms with Crippen LogP contribution in [0.5, 0.6) is 0 Å². The van der Waals surface area contributed by atoms with Gasteiger partial charge in [-0.2, -0.15) is 0 Å². The summed E-state index contributed by atoms with van der Waals surface area (Å²) < 4.78 is 29.9. The molecule has 1 aliphatic rings. The molecular weight excluding hydrogens is 389 g/mol. The summed E-state index contributed by atoms with van der Waals surface area (Å²) >= 11 is 0. The molecule has 156 valence electrons. The fourth-order valence-corrected chi connectivity index (χ4v) is 2.99. The number of methoxy groups -OCH3 is 1. The molecule has 0 spiro atoms. The molecule has 0 aliphatic carbocycles. The number of aromatic nitrogens is 4. The summed E-state index contributed by atoms with van der Waals surface area (Å²) in [5.74, 6) is 0.650. The molecule has 2 N–H and O–H groups in total. The van der Waals surface area contributed by atoms with E-state index in [2.05, 4.69) is 31.8 Å². The van der Waals surface area contributed by atoms with Crippen molar-refractivity contribution in [3.8, 4) is 22.6 Å². The number of hydrogen-bond acceptors (Lipinski definition) is 7. The lowest BCUT2D eigenvalue weighted by Crippen LogP contribution is -2.20. The topological polar surface area (TPSA) is 94.2 Å². The number of nitrogens with zero attached hydrogens (tertiary/aromatic N) is 3. The Hall–Kier alpha value is -3.14. The average Bonchev–Trinajstić information content (AvgIpc) is 3.21. The van der Waals surface area contributed by atoms with Crippen molar-refractivity contribution in [2.75, 3.05) is 38.8 Å². The molecule has 0 bridgehead atoms. The van der Waals surface area contributed by atoms with Gasteiger partial charge in [0.05, 0.1) is 36.9 Å². The van der Waals surface area contributed by atoms with Gasteiger partial charge in [-0.05, 0) is 35.9 Å². The minimum absolute atomic E-state index is 0.319. The molecule has 30 heavy (non-hydrogen) atoms. The molecule has 1 saturated heterocycles. The first kappa shape index (κ1) is 20.1. The number of benzene rings is 1. The summed E-state index contributed by atoms with van der Waals surface area (Å²) in [4.78, 5) is 16.7. The van der Waals surface area contributed by atoms with Crippen LogP contribution < -0.4 is 5.32 Å². The van der Waals surface area contributed by atoms with Crippen LogP contribution in [-0.2, 0) is 14.2 Å². The highest BCUT2D eigenvalue weighted by Crippen LogP contribution is 2.33. The Morgan fingerprint density at radius 2 is 1.97 bits per heavy atom. The van der Waals surface area contributed by atoms with E-state index in [1.54, 1.807) is 31.5 Å². The van der Waals surface area contributed by atoms with Crippen LogP contribution in [0.3, 0.4) is 0 Å². The van der Waals surface area contributed by atoms with Crippen molar-refractivity contribution in [2.45, 2.75) is 6.29 Å². The lowest BCUT2D eigenvalue weighted by Gasteiger charge is -2.22. The second-order valence-corrected chi connectivity index (χ2v) is 6.74. The smallest absolute Gasteiger partial charge is 0.223 e. The quantitative estimate of drug-likeness (QED) is 0.455. The van der Waals surface area contributed by atoms with Crippen LogP contribution in [0.15, 0.2) is 48.7 Å². The Kier molecular flexibility index (Phi) is 6.12. The number of anilines is 1. The summed E-state index contributed by atoms with van der Waals surface area (Å²) in [5.41, 5.74) is 3.50. The molecule has 4 rings (SSSR count). The maximum atomic E-state index is 13.4. The summed E-state index contributed by atoms with van der Waals surface area (Å²) in [6.45, 7) is 5.76. The second kappa shape index (κ2) is 9.12. The number of rotatable bonds is 7. The Balaban J connectivity index is 1.71. The molecule has 9 heteroatoms. The first-order chi connectivity index (χ1) is 14.6. The van der Waals surface area contributed by atoms with Crippen LogP contribution in [0.1, 0.15) is 12.1 Å². The van der Waals surface area contributed by atoms with Crippen LogP contribution in [0, 0.1) is 5.82 Å². The van der Waals surface area contributed by atoms with Crippen LogP contribution in [-0.4, -0.2) is 53.4 Å². The van der Waals surface area contributed by atoms with Crippen molar-refractivity contribution in [3.05, 3.63) is 60.3 Å². The molecular formula is C21H22FN5O3. The predicted octanol–water partition coefficient (Wildman–Crippen LogP) is 3.33. The van der Waals surface area contributed by atoms with E-state index < -0.39 is 6.29 Å². The second-order valence-electron chi connectivity index (χ2n) is 6.74. The fourth-order valence-electron chi connectivity index (χ4n) is 2.99. The third kappa shape index (κ3) is 4.54. The predicted molar refractivity (Wildman–Crippen MR) is 109 cm³/mol. The largest absolute Gasteiger partial charge is 0.383 e. The minimum Gasteiger partial charge on any atom is -0.383 e. The van der Waals surface area contributed by atoms with Crippen molar-refractivity contribution in [1.29, 1.82) is 0 Å². The Bertz CT molecular complexity index is 1010.